The fourth-order valence-electron chi connectivity index (χ4n) is 1.59. The van der Waals surface area contributed by atoms with Gasteiger partial charge < -0.3 is 15.9 Å². The van der Waals surface area contributed by atoms with Crippen molar-refractivity contribution >= 4 is 50.2 Å². The van der Waals surface area contributed by atoms with Crippen molar-refractivity contribution in [3.8, 4) is 5.75 Å². The molecule has 0 radical (unpaired) electrons. The lowest BCUT2D eigenvalue weighted by Crippen LogP contribution is -2.27. The lowest BCUT2D eigenvalue weighted by Gasteiger charge is -2.20. The van der Waals surface area contributed by atoms with Crippen molar-refractivity contribution in [2.75, 3.05) is 0 Å². The number of phenols is 1. The minimum Gasteiger partial charge on any atom is -0.506 e. The van der Waals surface area contributed by atoms with Crippen LogP contribution in [0.4, 0.5) is 0 Å². The van der Waals surface area contributed by atoms with Crippen LogP contribution in [0, 0.1) is 5.92 Å². The second-order valence-corrected chi connectivity index (χ2v) is 5.42. The Labute approximate surface area is 128 Å². The topological polar surface area (TPSA) is 83.5 Å². The van der Waals surface area contributed by atoms with Gasteiger partial charge in [0.2, 0.25) is 0 Å². The minimum atomic E-state index is -0.916. The zero-order valence-electron chi connectivity index (χ0n) is 9.56. The summed E-state index contributed by atoms with van der Waals surface area (Å²) < 4.78 is 0.968. The van der Waals surface area contributed by atoms with Crippen LogP contribution in [0.15, 0.2) is 21.1 Å². The van der Waals surface area contributed by atoms with Gasteiger partial charge in [0, 0.05) is 6.04 Å². The summed E-state index contributed by atoms with van der Waals surface area (Å²) in [5.41, 5.74) is 6.60. The fraction of sp³-hybridized carbons (Fsp3) is 0.364. The Balaban J connectivity index is 0.00000289. The largest absolute Gasteiger partial charge is 0.506 e. The molecular formula is C11H14Br2ClNO3. The van der Waals surface area contributed by atoms with Gasteiger partial charge in [-0.2, -0.15) is 0 Å². The van der Waals surface area contributed by atoms with Crippen molar-refractivity contribution in [1.29, 1.82) is 0 Å². The molecule has 1 aromatic rings. The lowest BCUT2D eigenvalue weighted by molar-refractivity contribution is -0.142. The van der Waals surface area contributed by atoms with Gasteiger partial charge >= 0.3 is 5.97 Å². The van der Waals surface area contributed by atoms with Gasteiger partial charge in [0.1, 0.15) is 5.75 Å². The zero-order chi connectivity index (χ0) is 13.2. The molecule has 1 aromatic carbocycles. The van der Waals surface area contributed by atoms with E-state index in [4.69, 9.17) is 10.8 Å². The first kappa shape index (κ1) is 17.7. The molecule has 0 aliphatic carbocycles. The van der Waals surface area contributed by atoms with Gasteiger partial charge in [0.25, 0.3) is 0 Å². The van der Waals surface area contributed by atoms with Gasteiger partial charge in [0.05, 0.1) is 14.9 Å². The molecular weight excluding hydrogens is 389 g/mol. The molecule has 0 aliphatic heterocycles. The number of nitrogens with two attached hydrogens (primary N) is 1. The predicted octanol–water partition coefficient (Wildman–Crippen LogP) is 3.45. The Bertz CT molecular complexity index is 419. The van der Waals surface area contributed by atoms with Gasteiger partial charge in [-0.15, -0.1) is 12.4 Å². The maximum Gasteiger partial charge on any atom is 0.308 e. The normalized spacial score (nSPS) is 13.6. The van der Waals surface area contributed by atoms with Gasteiger partial charge in [-0.1, -0.05) is 6.92 Å². The molecule has 0 saturated heterocycles. The average molecular weight is 403 g/mol. The fourth-order valence-corrected chi connectivity index (χ4v) is 2.81. The summed E-state index contributed by atoms with van der Waals surface area (Å²) in [6.45, 7) is 1.78. The molecule has 0 fully saturated rings. The van der Waals surface area contributed by atoms with E-state index in [0.29, 0.717) is 20.9 Å². The van der Waals surface area contributed by atoms with Crippen molar-refractivity contribution in [1.82, 2.24) is 0 Å². The third kappa shape index (κ3) is 3.85. The summed E-state index contributed by atoms with van der Waals surface area (Å²) in [6.07, 6.45) is 0.451. The summed E-state index contributed by atoms with van der Waals surface area (Å²) in [4.78, 5) is 11.0. The number of rotatable bonds is 4. The van der Waals surface area contributed by atoms with E-state index in [1.54, 1.807) is 19.1 Å². The Kier molecular flexibility index (Phi) is 7.21. The highest BCUT2D eigenvalue weighted by atomic mass is 79.9. The van der Waals surface area contributed by atoms with Crippen LogP contribution >= 0.6 is 44.3 Å². The molecule has 2 unspecified atom stereocenters. The molecule has 0 spiro atoms. The van der Waals surface area contributed by atoms with Crippen LogP contribution in [-0.2, 0) is 4.79 Å². The second-order valence-electron chi connectivity index (χ2n) is 3.71. The van der Waals surface area contributed by atoms with Crippen LogP contribution in [0.25, 0.3) is 0 Å². The monoisotopic (exact) mass is 401 g/mol. The van der Waals surface area contributed by atoms with Crippen LogP contribution < -0.4 is 5.73 Å². The molecule has 0 aliphatic rings. The first-order valence-electron chi connectivity index (χ1n) is 5.04. The summed E-state index contributed by atoms with van der Waals surface area (Å²) in [6, 6.07) is 2.66. The third-order valence-electron chi connectivity index (χ3n) is 2.61. The van der Waals surface area contributed by atoms with E-state index in [2.05, 4.69) is 31.9 Å². The SMILES string of the molecule is CCC(C(=O)O)C(N)c1cc(Br)c(O)c(Br)c1.Cl. The lowest BCUT2D eigenvalue weighted by atomic mass is 9.92. The van der Waals surface area contributed by atoms with Gasteiger partial charge in [-0.3, -0.25) is 4.79 Å². The highest BCUT2D eigenvalue weighted by molar-refractivity contribution is 9.11. The van der Waals surface area contributed by atoms with Crippen LogP contribution in [0.3, 0.4) is 0 Å². The molecule has 0 aromatic heterocycles. The molecule has 7 heteroatoms. The first-order chi connectivity index (χ1) is 7.88. The van der Waals surface area contributed by atoms with E-state index < -0.39 is 17.9 Å². The minimum absolute atomic E-state index is 0. The standard InChI is InChI=1S/C11H13Br2NO3.ClH/c1-2-6(11(16)17)9(14)5-3-7(12)10(15)8(13)4-5;/h3-4,6,9,15H,2,14H2,1H3,(H,16,17);1H. The summed E-state index contributed by atoms with van der Waals surface area (Å²) in [5, 5.41) is 18.6. The molecule has 0 amide bonds. The number of carbonyl (C=O) groups is 1. The number of carboxylic acids is 1. The van der Waals surface area contributed by atoms with Crippen molar-refractivity contribution in [2.45, 2.75) is 19.4 Å². The molecule has 2 atom stereocenters. The average Bonchev–Trinajstić information content (AvgIpc) is 2.25. The maximum absolute atomic E-state index is 11.0. The summed E-state index contributed by atoms with van der Waals surface area (Å²) in [5.74, 6) is -1.48. The third-order valence-corrected chi connectivity index (χ3v) is 3.82. The Morgan fingerprint density at radius 1 is 1.39 bits per heavy atom. The number of carboxylic acid groups (broad SMARTS) is 1. The molecule has 0 heterocycles. The number of aromatic hydroxyl groups is 1. The van der Waals surface area contributed by atoms with Crippen LogP contribution in [0.2, 0.25) is 0 Å². The number of phenolic OH excluding ortho intramolecular Hbond substituents is 1. The predicted molar refractivity (Wildman–Crippen MR) is 79.1 cm³/mol. The number of halogens is 3. The van der Waals surface area contributed by atoms with Crippen molar-refractivity contribution in [2.24, 2.45) is 11.7 Å². The molecule has 102 valence electrons. The smallest absolute Gasteiger partial charge is 0.308 e. The Hall–Kier alpha value is -0.300. The number of aliphatic carboxylic acids is 1. The highest BCUT2D eigenvalue weighted by Gasteiger charge is 2.25. The van der Waals surface area contributed by atoms with E-state index in [-0.39, 0.29) is 18.2 Å². The molecule has 4 N–H and O–H groups in total. The molecule has 18 heavy (non-hydrogen) atoms. The van der Waals surface area contributed by atoms with Crippen molar-refractivity contribution in [3.63, 3.8) is 0 Å². The van der Waals surface area contributed by atoms with E-state index in [0.717, 1.165) is 0 Å². The van der Waals surface area contributed by atoms with Crippen molar-refractivity contribution in [3.05, 3.63) is 26.6 Å². The highest BCUT2D eigenvalue weighted by Crippen LogP contribution is 2.36. The summed E-state index contributed by atoms with van der Waals surface area (Å²) >= 11 is 6.38. The number of hydrogen-bond donors (Lipinski definition) is 3. The van der Waals surface area contributed by atoms with Crippen LogP contribution in [0.1, 0.15) is 24.9 Å². The quantitative estimate of drug-likeness (QED) is 0.719. The van der Waals surface area contributed by atoms with Crippen LogP contribution in [0.5, 0.6) is 5.75 Å². The number of benzene rings is 1. The number of hydrogen-bond acceptors (Lipinski definition) is 3. The molecule has 0 bridgehead atoms. The maximum atomic E-state index is 11.0. The van der Waals surface area contributed by atoms with Crippen LogP contribution in [-0.4, -0.2) is 16.2 Å². The molecule has 4 nitrogen and oxygen atoms in total. The van der Waals surface area contributed by atoms with Gasteiger partial charge in [-0.25, -0.2) is 0 Å². The van der Waals surface area contributed by atoms with Gasteiger partial charge in [-0.05, 0) is 56.0 Å². The van der Waals surface area contributed by atoms with E-state index in [1.807, 2.05) is 0 Å². The second kappa shape index (κ2) is 7.33. The zero-order valence-corrected chi connectivity index (χ0v) is 13.5. The van der Waals surface area contributed by atoms with Crippen molar-refractivity contribution < 1.29 is 15.0 Å². The Morgan fingerprint density at radius 3 is 2.17 bits per heavy atom. The molecule has 0 saturated carbocycles. The van der Waals surface area contributed by atoms with E-state index in [1.165, 1.54) is 0 Å². The van der Waals surface area contributed by atoms with Gasteiger partial charge in [0.15, 0.2) is 0 Å². The Morgan fingerprint density at radius 2 is 1.83 bits per heavy atom. The van der Waals surface area contributed by atoms with E-state index >= 15 is 0 Å². The first-order valence-corrected chi connectivity index (χ1v) is 6.63. The summed E-state index contributed by atoms with van der Waals surface area (Å²) in [7, 11) is 0. The van der Waals surface area contributed by atoms with E-state index in [9.17, 15) is 9.90 Å². The molecule has 1 rings (SSSR count).